The number of carbonyl (C=O) groups is 2. The van der Waals surface area contributed by atoms with Gasteiger partial charge in [0.05, 0.1) is 6.42 Å². The van der Waals surface area contributed by atoms with Crippen LogP contribution in [0.2, 0.25) is 0 Å². The molecule has 2 N–H and O–H groups in total. The Labute approximate surface area is 148 Å². The minimum Gasteiger partial charge on any atom is -0.481 e. The first-order chi connectivity index (χ1) is 12.0. The fourth-order valence-corrected chi connectivity index (χ4v) is 2.55. The van der Waals surface area contributed by atoms with E-state index in [0.717, 1.165) is 25.1 Å². The first-order valence-electron chi connectivity index (χ1n) is 8.43. The third kappa shape index (κ3) is 5.35. The number of unbranched alkanes of at least 4 members (excludes halogenated alkanes) is 1. The molecule has 0 aliphatic rings. The zero-order chi connectivity index (χ0) is 18.2. The lowest BCUT2D eigenvalue weighted by molar-refractivity contribution is -0.136. The molecule has 0 spiro atoms. The first kappa shape index (κ1) is 18.5. The second-order valence-electron chi connectivity index (χ2n) is 6.00. The van der Waals surface area contributed by atoms with Crippen LogP contribution in [-0.4, -0.2) is 30.6 Å². The summed E-state index contributed by atoms with van der Waals surface area (Å²) in [7, 11) is 2.03. The van der Waals surface area contributed by atoms with Gasteiger partial charge in [0.15, 0.2) is 0 Å². The quantitative estimate of drug-likeness (QED) is 0.767. The number of anilines is 2. The molecule has 0 aliphatic heterocycles. The topological polar surface area (TPSA) is 69.6 Å². The second kappa shape index (κ2) is 8.87. The molecule has 0 aromatic heterocycles. The van der Waals surface area contributed by atoms with Crippen molar-refractivity contribution in [3.8, 4) is 0 Å². The van der Waals surface area contributed by atoms with E-state index in [1.54, 1.807) is 36.4 Å². The molecule has 2 aromatic rings. The normalized spacial score (nSPS) is 10.3. The van der Waals surface area contributed by atoms with Crippen molar-refractivity contribution in [1.29, 1.82) is 0 Å². The van der Waals surface area contributed by atoms with Gasteiger partial charge < -0.3 is 15.3 Å². The Morgan fingerprint density at radius 3 is 2.40 bits per heavy atom. The molecule has 132 valence electrons. The minimum absolute atomic E-state index is 0.127. The third-order valence-corrected chi connectivity index (χ3v) is 4.02. The van der Waals surface area contributed by atoms with Gasteiger partial charge in [0, 0.05) is 30.5 Å². The van der Waals surface area contributed by atoms with Gasteiger partial charge in [0.2, 0.25) is 0 Å². The Kier molecular flexibility index (Phi) is 6.57. The van der Waals surface area contributed by atoms with Gasteiger partial charge in [-0.2, -0.15) is 0 Å². The van der Waals surface area contributed by atoms with Gasteiger partial charge in [0.1, 0.15) is 0 Å². The molecular formula is C20H24N2O3. The first-order valence-corrected chi connectivity index (χ1v) is 8.43. The van der Waals surface area contributed by atoms with Crippen molar-refractivity contribution in [1.82, 2.24) is 0 Å². The van der Waals surface area contributed by atoms with Crippen molar-refractivity contribution in [3.05, 3.63) is 59.7 Å². The van der Waals surface area contributed by atoms with Gasteiger partial charge in [-0.3, -0.25) is 9.59 Å². The van der Waals surface area contributed by atoms with Crippen LogP contribution in [0.1, 0.15) is 35.7 Å². The number of carboxylic acid groups (broad SMARTS) is 1. The van der Waals surface area contributed by atoms with Gasteiger partial charge in [-0.15, -0.1) is 0 Å². The highest BCUT2D eigenvalue weighted by molar-refractivity contribution is 6.05. The van der Waals surface area contributed by atoms with Gasteiger partial charge in [-0.05, 0) is 42.3 Å². The lowest BCUT2D eigenvalue weighted by atomic mass is 10.1. The molecule has 0 aliphatic carbocycles. The number of rotatable bonds is 8. The summed E-state index contributed by atoms with van der Waals surface area (Å²) in [5, 5.41) is 11.8. The van der Waals surface area contributed by atoms with E-state index in [9.17, 15) is 9.59 Å². The largest absolute Gasteiger partial charge is 0.481 e. The standard InChI is InChI=1S/C20H24N2O3/c1-3-4-13-22(2)17-11-9-15(10-12-17)20(25)21-18-8-6-5-7-16(18)14-19(23)24/h5-12H,3-4,13-14H2,1-2H3,(H,21,25)(H,23,24). The molecule has 2 rings (SSSR count). The van der Waals surface area contributed by atoms with E-state index in [1.165, 1.54) is 0 Å². The Hall–Kier alpha value is -2.82. The zero-order valence-electron chi connectivity index (χ0n) is 14.7. The number of carboxylic acids is 1. The van der Waals surface area contributed by atoms with Crippen molar-refractivity contribution < 1.29 is 14.7 Å². The average Bonchev–Trinajstić information content (AvgIpc) is 2.61. The monoisotopic (exact) mass is 340 g/mol. The number of nitrogens with one attached hydrogen (secondary N) is 1. The Morgan fingerprint density at radius 1 is 1.08 bits per heavy atom. The Bertz CT molecular complexity index is 726. The number of aliphatic carboxylic acids is 1. The van der Waals surface area contributed by atoms with Crippen LogP contribution in [-0.2, 0) is 11.2 Å². The van der Waals surface area contributed by atoms with Crippen LogP contribution in [0.15, 0.2) is 48.5 Å². The van der Waals surface area contributed by atoms with E-state index in [2.05, 4.69) is 17.1 Å². The van der Waals surface area contributed by atoms with E-state index < -0.39 is 5.97 Å². The minimum atomic E-state index is -0.929. The van der Waals surface area contributed by atoms with Crippen molar-refractivity contribution in [2.24, 2.45) is 0 Å². The van der Waals surface area contributed by atoms with Crippen LogP contribution < -0.4 is 10.2 Å². The maximum absolute atomic E-state index is 12.4. The average molecular weight is 340 g/mol. The van der Waals surface area contributed by atoms with Crippen LogP contribution in [0, 0.1) is 0 Å². The molecule has 0 fully saturated rings. The number of nitrogens with zero attached hydrogens (tertiary/aromatic N) is 1. The highest BCUT2D eigenvalue weighted by atomic mass is 16.4. The number of benzene rings is 2. The number of carbonyl (C=O) groups excluding carboxylic acids is 1. The van der Waals surface area contributed by atoms with Gasteiger partial charge in [0.25, 0.3) is 5.91 Å². The summed E-state index contributed by atoms with van der Waals surface area (Å²) in [5.74, 6) is -1.18. The van der Waals surface area contributed by atoms with Crippen LogP contribution >= 0.6 is 0 Å². The Balaban J connectivity index is 2.08. The molecule has 0 heterocycles. The second-order valence-corrected chi connectivity index (χ2v) is 6.00. The maximum Gasteiger partial charge on any atom is 0.307 e. The summed E-state index contributed by atoms with van der Waals surface area (Å²) in [6.07, 6.45) is 2.14. The predicted octanol–water partition coefficient (Wildman–Crippen LogP) is 3.80. The summed E-state index contributed by atoms with van der Waals surface area (Å²) < 4.78 is 0. The molecule has 25 heavy (non-hydrogen) atoms. The maximum atomic E-state index is 12.4. The molecular weight excluding hydrogens is 316 g/mol. The number of amides is 1. The zero-order valence-corrected chi connectivity index (χ0v) is 14.7. The lowest BCUT2D eigenvalue weighted by Crippen LogP contribution is -2.18. The molecule has 5 heteroatoms. The van der Waals surface area contributed by atoms with Crippen molar-refractivity contribution in [2.45, 2.75) is 26.2 Å². The summed E-state index contributed by atoms with van der Waals surface area (Å²) in [6, 6.07) is 14.4. The van der Waals surface area contributed by atoms with E-state index in [1.807, 2.05) is 19.2 Å². The molecule has 0 radical (unpaired) electrons. The smallest absolute Gasteiger partial charge is 0.307 e. The lowest BCUT2D eigenvalue weighted by Gasteiger charge is -2.19. The predicted molar refractivity (Wildman–Crippen MR) is 100 cm³/mol. The molecule has 2 aromatic carbocycles. The van der Waals surface area contributed by atoms with Crippen LogP contribution in [0.3, 0.4) is 0 Å². The molecule has 1 amide bonds. The van der Waals surface area contributed by atoms with E-state index in [-0.39, 0.29) is 12.3 Å². The van der Waals surface area contributed by atoms with Crippen LogP contribution in [0.4, 0.5) is 11.4 Å². The van der Waals surface area contributed by atoms with Crippen LogP contribution in [0.25, 0.3) is 0 Å². The van der Waals surface area contributed by atoms with Crippen LogP contribution in [0.5, 0.6) is 0 Å². The van der Waals surface area contributed by atoms with E-state index in [4.69, 9.17) is 5.11 Å². The molecule has 0 bridgehead atoms. The summed E-state index contributed by atoms with van der Waals surface area (Å²) in [4.78, 5) is 25.5. The molecule has 0 saturated carbocycles. The van der Waals surface area contributed by atoms with Crippen molar-refractivity contribution in [2.75, 3.05) is 23.8 Å². The Morgan fingerprint density at radius 2 is 1.76 bits per heavy atom. The summed E-state index contributed by atoms with van der Waals surface area (Å²) >= 11 is 0. The van der Waals surface area contributed by atoms with E-state index in [0.29, 0.717) is 16.8 Å². The fourth-order valence-electron chi connectivity index (χ4n) is 2.55. The van der Waals surface area contributed by atoms with Crippen molar-refractivity contribution >= 4 is 23.3 Å². The SMILES string of the molecule is CCCCN(C)c1ccc(C(=O)Nc2ccccc2CC(=O)O)cc1. The number of hydrogen-bond acceptors (Lipinski definition) is 3. The molecule has 5 nitrogen and oxygen atoms in total. The van der Waals surface area contributed by atoms with Gasteiger partial charge >= 0.3 is 5.97 Å². The number of para-hydroxylation sites is 1. The van der Waals surface area contributed by atoms with Gasteiger partial charge in [-0.1, -0.05) is 31.5 Å². The third-order valence-electron chi connectivity index (χ3n) is 4.02. The van der Waals surface area contributed by atoms with Crippen molar-refractivity contribution in [3.63, 3.8) is 0 Å². The highest BCUT2D eigenvalue weighted by Crippen LogP contribution is 2.19. The van der Waals surface area contributed by atoms with E-state index >= 15 is 0 Å². The molecule has 0 unspecified atom stereocenters. The number of hydrogen-bond donors (Lipinski definition) is 2. The fraction of sp³-hybridized carbons (Fsp3) is 0.300. The summed E-state index contributed by atoms with van der Waals surface area (Å²) in [5.41, 5.74) is 2.72. The van der Waals surface area contributed by atoms with Gasteiger partial charge in [-0.25, -0.2) is 0 Å². The highest BCUT2D eigenvalue weighted by Gasteiger charge is 2.11. The molecule has 0 saturated heterocycles. The molecule has 0 atom stereocenters. The summed E-state index contributed by atoms with van der Waals surface area (Å²) in [6.45, 7) is 3.13.